The van der Waals surface area contributed by atoms with Gasteiger partial charge in [-0.05, 0) is 18.2 Å². The highest BCUT2D eigenvalue weighted by molar-refractivity contribution is 7.13. The molecular formula is C26H32N4O2S. The molecule has 0 spiro atoms. The summed E-state index contributed by atoms with van der Waals surface area (Å²) in [6, 6.07) is 18.5. The van der Waals surface area contributed by atoms with Gasteiger partial charge in [-0.3, -0.25) is 9.69 Å². The van der Waals surface area contributed by atoms with Gasteiger partial charge in [-0.25, -0.2) is 4.98 Å². The molecule has 33 heavy (non-hydrogen) atoms. The Labute approximate surface area is 200 Å². The van der Waals surface area contributed by atoms with E-state index in [1.165, 1.54) is 5.56 Å². The smallest absolute Gasteiger partial charge is 0.228 e. The van der Waals surface area contributed by atoms with Crippen molar-refractivity contribution < 1.29 is 9.90 Å². The summed E-state index contributed by atoms with van der Waals surface area (Å²) in [7, 11) is 2.18. The Bertz CT molecular complexity index is 1010. The van der Waals surface area contributed by atoms with E-state index < -0.39 is 0 Å². The predicted octanol–water partition coefficient (Wildman–Crippen LogP) is 3.12. The number of rotatable bonds is 9. The first-order chi connectivity index (χ1) is 16.1. The minimum atomic E-state index is -0.0542. The fourth-order valence-corrected chi connectivity index (χ4v) is 4.85. The summed E-state index contributed by atoms with van der Waals surface area (Å²) in [5.41, 5.74) is 4.22. The maximum atomic E-state index is 12.9. The molecule has 2 heterocycles. The second-order valence-electron chi connectivity index (χ2n) is 8.62. The lowest BCUT2D eigenvalue weighted by molar-refractivity contribution is -0.131. The molecule has 1 aliphatic heterocycles. The number of aliphatic hydroxyl groups is 1. The Morgan fingerprint density at radius 2 is 1.76 bits per heavy atom. The molecule has 0 saturated carbocycles. The van der Waals surface area contributed by atoms with Gasteiger partial charge in [0.2, 0.25) is 5.91 Å². The first-order valence-corrected chi connectivity index (χ1v) is 12.4. The molecule has 0 atom stereocenters. The van der Waals surface area contributed by atoms with Crippen LogP contribution in [0.15, 0.2) is 60.0 Å². The summed E-state index contributed by atoms with van der Waals surface area (Å²) >= 11 is 1.57. The number of carbonyl (C=O) groups excluding carboxylic acids is 1. The molecule has 0 unspecified atom stereocenters. The zero-order chi connectivity index (χ0) is 23.0. The molecular weight excluding hydrogens is 432 g/mol. The second kappa shape index (κ2) is 11.5. The quantitative estimate of drug-likeness (QED) is 0.527. The van der Waals surface area contributed by atoms with Crippen LogP contribution in [0, 0.1) is 0 Å². The van der Waals surface area contributed by atoms with E-state index in [0.29, 0.717) is 13.1 Å². The van der Waals surface area contributed by atoms with Gasteiger partial charge in [-0.2, -0.15) is 0 Å². The van der Waals surface area contributed by atoms with E-state index in [1.807, 2.05) is 35.7 Å². The van der Waals surface area contributed by atoms with E-state index in [1.54, 1.807) is 16.2 Å². The third-order valence-corrected chi connectivity index (χ3v) is 6.97. The molecule has 7 heteroatoms. The zero-order valence-corrected chi connectivity index (χ0v) is 20.0. The lowest BCUT2D eigenvalue weighted by Crippen LogP contribution is -2.43. The maximum absolute atomic E-state index is 12.9. The van der Waals surface area contributed by atoms with Crippen LogP contribution in [0.4, 0.5) is 0 Å². The summed E-state index contributed by atoms with van der Waals surface area (Å²) in [6.07, 6.45) is 0.241. The highest BCUT2D eigenvalue weighted by Gasteiger charge is 2.17. The summed E-state index contributed by atoms with van der Waals surface area (Å²) in [6.45, 7) is 6.21. The Kier molecular flexibility index (Phi) is 8.23. The largest absolute Gasteiger partial charge is 0.395 e. The normalized spacial score (nSPS) is 15.0. The van der Waals surface area contributed by atoms with Crippen molar-refractivity contribution in [2.45, 2.75) is 19.5 Å². The van der Waals surface area contributed by atoms with Gasteiger partial charge in [0.15, 0.2) is 0 Å². The highest BCUT2D eigenvalue weighted by Crippen LogP contribution is 2.25. The summed E-state index contributed by atoms with van der Waals surface area (Å²) < 4.78 is 0. The molecule has 4 rings (SSSR count). The van der Waals surface area contributed by atoms with Gasteiger partial charge in [0, 0.05) is 56.8 Å². The molecule has 1 N–H and O–H groups in total. The van der Waals surface area contributed by atoms with Crippen LogP contribution in [0.5, 0.6) is 0 Å². The molecule has 1 saturated heterocycles. The summed E-state index contributed by atoms with van der Waals surface area (Å²) in [4.78, 5) is 24.2. The molecule has 1 aromatic heterocycles. The summed E-state index contributed by atoms with van der Waals surface area (Å²) in [5.74, 6) is -0.0210. The molecule has 2 aromatic carbocycles. The van der Waals surface area contributed by atoms with Crippen LogP contribution in [0.1, 0.15) is 16.8 Å². The average molecular weight is 465 g/mol. The number of piperazine rings is 1. The lowest BCUT2D eigenvalue weighted by atomic mass is 10.1. The van der Waals surface area contributed by atoms with Gasteiger partial charge < -0.3 is 14.9 Å². The number of amides is 1. The number of carbonyl (C=O) groups is 1. The number of aromatic nitrogens is 1. The van der Waals surface area contributed by atoms with Gasteiger partial charge in [-0.15, -0.1) is 11.3 Å². The van der Waals surface area contributed by atoms with E-state index in [2.05, 4.69) is 41.1 Å². The molecule has 6 nitrogen and oxygen atoms in total. The molecule has 1 amide bonds. The van der Waals surface area contributed by atoms with Crippen LogP contribution in [0.3, 0.4) is 0 Å². The zero-order valence-electron chi connectivity index (χ0n) is 19.2. The molecule has 0 radical (unpaired) electrons. The Morgan fingerprint density at radius 1 is 1.03 bits per heavy atom. The van der Waals surface area contributed by atoms with Crippen molar-refractivity contribution in [1.29, 1.82) is 0 Å². The van der Waals surface area contributed by atoms with Gasteiger partial charge in [-0.1, -0.05) is 54.6 Å². The summed E-state index contributed by atoms with van der Waals surface area (Å²) in [5, 5.41) is 12.3. The van der Waals surface area contributed by atoms with E-state index in [0.717, 1.165) is 54.6 Å². The maximum Gasteiger partial charge on any atom is 0.228 e. The minimum absolute atomic E-state index is 0.0210. The first kappa shape index (κ1) is 23.6. The Hall–Kier alpha value is -2.58. The number of benzene rings is 2. The average Bonchev–Trinajstić information content (AvgIpc) is 3.30. The lowest BCUT2D eigenvalue weighted by Gasteiger charge is -2.32. The third-order valence-electron chi connectivity index (χ3n) is 6.03. The second-order valence-corrected chi connectivity index (χ2v) is 9.48. The first-order valence-electron chi connectivity index (χ1n) is 11.5. The molecule has 1 aliphatic rings. The molecule has 3 aromatic rings. The number of nitrogens with zero attached hydrogens (tertiary/aromatic N) is 4. The monoisotopic (exact) mass is 464 g/mol. The van der Waals surface area contributed by atoms with Crippen molar-refractivity contribution in [2.24, 2.45) is 0 Å². The van der Waals surface area contributed by atoms with Crippen LogP contribution in [0.2, 0.25) is 0 Å². The number of hydrogen-bond acceptors (Lipinski definition) is 6. The predicted molar refractivity (Wildman–Crippen MR) is 133 cm³/mol. The fraction of sp³-hybridized carbons (Fsp3) is 0.385. The molecule has 0 aliphatic carbocycles. The van der Waals surface area contributed by atoms with Crippen LogP contribution in [-0.2, 0) is 24.3 Å². The van der Waals surface area contributed by atoms with Gasteiger partial charge in [0.25, 0.3) is 0 Å². The number of likely N-dealkylation sites (N-methyl/N-ethyl adjacent to an activating group) is 1. The minimum Gasteiger partial charge on any atom is -0.395 e. The third kappa shape index (κ3) is 6.71. The topological polar surface area (TPSA) is 59.9 Å². The van der Waals surface area contributed by atoms with Crippen molar-refractivity contribution in [2.75, 3.05) is 46.4 Å². The van der Waals surface area contributed by atoms with Crippen LogP contribution in [-0.4, -0.2) is 77.1 Å². The van der Waals surface area contributed by atoms with Crippen molar-refractivity contribution in [3.8, 4) is 10.6 Å². The highest BCUT2D eigenvalue weighted by atomic mass is 32.1. The van der Waals surface area contributed by atoms with E-state index in [9.17, 15) is 9.90 Å². The van der Waals surface area contributed by atoms with Crippen molar-refractivity contribution in [3.05, 3.63) is 76.8 Å². The van der Waals surface area contributed by atoms with Gasteiger partial charge in [0.1, 0.15) is 5.01 Å². The van der Waals surface area contributed by atoms with Crippen molar-refractivity contribution in [1.82, 2.24) is 19.7 Å². The standard InChI is InChI=1S/C26H32N4O2S/c1-28-11-13-29(14-12-28)18-22-7-9-23(10-8-22)26-27-24(20-33-26)17-25(32)30(15-16-31)19-21-5-3-2-4-6-21/h2-10,20,31H,11-19H2,1H3. The van der Waals surface area contributed by atoms with E-state index >= 15 is 0 Å². The fourth-order valence-electron chi connectivity index (χ4n) is 4.02. The molecule has 0 bridgehead atoms. The number of aliphatic hydroxyl groups excluding tert-OH is 1. The Morgan fingerprint density at radius 3 is 2.45 bits per heavy atom. The SMILES string of the molecule is CN1CCN(Cc2ccc(-c3nc(CC(=O)N(CCO)Cc4ccccc4)cs3)cc2)CC1. The van der Waals surface area contributed by atoms with Crippen LogP contribution >= 0.6 is 11.3 Å². The van der Waals surface area contributed by atoms with Crippen LogP contribution in [0.25, 0.3) is 10.6 Å². The van der Waals surface area contributed by atoms with Crippen LogP contribution < -0.4 is 0 Å². The number of hydrogen-bond donors (Lipinski definition) is 1. The Balaban J connectivity index is 1.35. The van der Waals surface area contributed by atoms with E-state index in [4.69, 9.17) is 4.98 Å². The van der Waals surface area contributed by atoms with Crippen molar-refractivity contribution in [3.63, 3.8) is 0 Å². The van der Waals surface area contributed by atoms with E-state index in [-0.39, 0.29) is 18.9 Å². The van der Waals surface area contributed by atoms with Gasteiger partial charge >= 0.3 is 0 Å². The molecule has 1 fully saturated rings. The molecule has 174 valence electrons. The number of thiazole rings is 1. The van der Waals surface area contributed by atoms with Crippen molar-refractivity contribution >= 4 is 17.2 Å². The van der Waals surface area contributed by atoms with Gasteiger partial charge in [0.05, 0.1) is 18.7 Å².